The van der Waals surface area contributed by atoms with Gasteiger partial charge in [-0.05, 0) is 24.3 Å². The lowest BCUT2D eigenvalue weighted by Crippen LogP contribution is -2.39. The van der Waals surface area contributed by atoms with Crippen molar-refractivity contribution in [1.82, 2.24) is 5.43 Å². The zero-order chi connectivity index (χ0) is 15.4. The van der Waals surface area contributed by atoms with Crippen molar-refractivity contribution in [3.8, 4) is 5.75 Å². The van der Waals surface area contributed by atoms with Gasteiger partial charge in [-0.15, -0.1) is 0 Å². The van der Waals surface area contributed by atoms with Crippen LogP contribution in [0.3, 0.4) is 0 Å². The summed E-state index contributed by atoms with van der Waals surface area (Å²) in [5.74, 6) is 0.0408. The summed E-state index contributed by atoms with van der Waals surface area (Å²) >= 11 is 12.1. The number of nitrogens with one attached hydrogen (secondary N) is 1. The van der Waals surface area contributed by atoms with Crippen LogP contribution in [0.5, 0.6) is 5.75 Å². The van der Waals surface area contributed by atoms with Gasteiger partial charge in [0.05, 0.1) is 22.8 Å². The minimum absolute atomic E-state index is 0.289. The van der Waals surface area contributed by atoms with E-state index in [1.54, 1.807) is 12.1 Å². The molecule has 110 valence electrons. The summed E-state index contributed by atoms with van der Waals surface area (Å²) in [6, 6.07) is 12.5. The summed E-state index contributed by atoms with van der Waals surface area (Å²) in [5.41, 5.74) is 3.95. The first kappa shape index (κ1) is 15.5. The van der Waals surface area contributed by atoms with E-state index >= 15 is 0 Å². The Labute approximate surface area is 133 Å². The van der Waals surface area contributed by atoms with Gasteiger partial charge in [-0.3, -0.25) is 15.2 Å². The number of ether oxygens (including phenoxy) is 1. The molecule has 4 nitrogen and oxygen atoms in total. The minimum Gasteiger partial charge on any atom is -0.494 e. The molecule has 0 atom stereocenters. The fraction of sp³-hybridized carbons (Fsp3) is 0.133. The van der Waals surface area contributed by atoms with Crippen molar-refractivity contribution in [3.63, 3.8) is 0 Å². The van der Waals surface area contributed by atoms with Gasteiger partial charge in [-0.1, -0.05) is 41.4 Å². The van der Waals surface area contributed by atoms with Crippen LogP contribution in [0.25, 0.3) is 0 Å². The molecule has 0 radical (unpaired) electrons. The standard InChI is InChI=1S/C15H14Cl2N2O2/c1-19(11-6-4-3-5-7-11)18-15(20)10-8-12(16)14(21-2)13(17)9-10/h3-9H,1-2H3,(H,18,20). The molecule has 0 aliphatic rings. The number of hydrazine groups is 1. The Kier molecular flexibility index (Phi) is 4.94. The smallest absolute Gasteiger partial charge is 0.269 e. The van der Waals surface area contributed by atoms with Crippen LogP contribution >= 0.6 is 23.2 Å². The van der Waals surface area contributed by atoms with Crippen molar-refractivity contribution in [1.29, 1.82) is 0 Å². The number of hydrogen-bond donors (Lipinski definition) is 1. The highest BCUT2D eigenvalue weighted by molar-refractivity contribution is 6.37. The molecule has 21 heavy (non-hydrogen) atoms. The Balaban J connectivity index is 2.18. The topological polar surface area (TPSA) is 41.6 Å². The van der Waals surface area contributed by atoms with Gasteiger partial charge in [-0.25, -0.2) is 0 Å². The lowest BCUT2D eigenvalue weighted by molar-refractivity contribution is 0.0951. The second-order valence-electron chi connectivity index (χ2n) is 4.31. The molecule has 0 heterocycles. The molecule has 1 N–H and O–H groups in total. The summed E-state index contributed by atoms with van der Waals surface area (Å²) in [7, 11) is 3.22. The van der Waals surface area contributed by atoms with Crippen molar-refractivity contribution < 1.29 is 9.53 Å². The van der Waals surface area contributed by atoms with E-state index in [1.807, 2.05) is 30.3 Å². The zero-order valence-corrected chi connectivity index (χ0v) is 13.1. The molecule has 0 unspecified atom stereocenters. The van der Waals surface area contributed by atoms with Gasteiger partial charge in [0.1, 0.15) is 0 Å². The number of methoxy groups -OCH3 is 1. The van der Waals surface area contributed by atoms with Gasteiger partial charge in [0.2, 0.25) is 0 Å². The van der Waals surface area contributed by atoms with Crippen molar-refractivity contribution in [2.75, 3.05) is 19.2 Å². The largest absolute Gasteiger partial charge is 0.494 e. The zero-order valence-electron chi connectivity index (χ0n) is 11.6. The van der Waals surface area contributed by atoms with E-state index < -0.39 is 0 Å². The normalized spacial score (nSPS) is 10.1. The number of para-hydroxylation sites is 1. The summed E-state index contributed by atoms with van der Waals surface area (Å²) < 4.78 is 5.05. The highest BCUT2D eigenvalue weighted by Crippen LogP contribution is 2.33. The molecular formula is C15H14Cl2N2O2. The van der Waals surface area contributed by atoms with Gasteiger partial charge in [0.15, 0.2) is 5.75 Å². The van der Waals surface area contributed by atoms with Crippen molar-refractivity contribution in [2.24, 2.45) is 0 Å². The first-order valence-electron chi connectivity index (χ1n) is 6.15. The Morgan fingerprint density at radius 1 is 1.14 bits per heavy atom. The number of benzene rings is 2. The highest BCUT2D eigenvalue weighted by atomic mass is 35.5. The molecule has 0 saturated heterocycles. The molecule has 0 aromatic heterocycles. The van der Waals surface area contributed by atoms with Gasteiger partial charge in [-0.2, -0.15) is 0 Å². The van der Waals surface area contributed by atoms with Gasteiger partial charge >= 0.3 is 0 Å². The van der Waals surface area contributed by atoms with Crippen LogP contribution in [0, 0.1) is 0 Å². The third-order valence-corrected chi connectivity index (χ3v) is 3.44. The van der Waals surface area contributed by atoms with E-state index in [0.717, 1.165) is 5.69 Å². The summed E-state index contributed by atoms with van der Waals surface area (Å²) in [6.07, 6.45) is 0. The predicted octanol–water partition coefficient (Wildman–Crippen LogP) is 3.78. The quantitative estimate of drug-likeness (QED) is 0.870. The molecule has 2 rings (SSSR count). The number of nitrogens with zero attached hydrogens (tertiary/aromatic N) is 1. The summed E-state index contributed by atoms with van der Waals surface area (Å²) in [5, 5.41) is 2.20. The van der Waals surface area contributed by atoms with Crippen LogP contribution in [0.15, 0.2) is 42.5 Å². The average Bonchev–Trinajstić information content (AvgIpc) is 2.47. The molecule has 0 spiro atoms. The first-order valence-corrected chi connectivity index (χ1v) is 6.91. The third-order valence-electron chi connectivity index (χ3n) is 2.88. The maximum atomic E-state index is 12.2. The summed E-state index contributed by atoms with van der Waals surface area (Å²) in [6.45, 7) is 0. The number of halogens is 2. The maximum absolute atomic E-state index is 12.2. The second-order valence-corrected chi connectivity index (χ2v) is 5.12. The number of amides is 1. The Bertz CT molecular complexity index is 624. The van der Waals surface area contributed by atoms with E-state index in [4.69, 9.17) is 27.9 Å². The highest BCUT2D eigenvalue weighted by Gasteiger charge is 2.14. The van der Waals surface area contributed by atoms with Gasteiger partial charge in [0.25, 0.3) is 5.91 Å². The van der Waals surface area contributed by atoms with Crippen LogP contribution < -0.4 is 15.2 Å². The Hall–Kier alpha value is -1.91. The molecule has 0 aliphatic carbocycles. The Morgan fingerprint density at radius 2 is 1.71 bits per heavy atom. The number of carbonyl (C=O) groups excluding carboxylic acids is 1. The molecule has 0 aliphatic heterocycles. The Morgan fingerprint density at radius 3 is 2.24 bits per heavy atom. The second kappa shape index (κ2) is 6.70. The van der Waals surface area contributed by atoms with Crippen LogP contribution in [-0.2, 0) is 0 Å². The molecule has 0 saturated carbocycles. The van der Waals surface area contributed by atoms with E-state index in [-0.39, 0.29) is 16.0 Å². The third kappa shape index (κ3) is 3.60. The minimum atomic E-state index is -0.312. The van der Waals surface area contributed by atoms with Gasteiger partial charge < -0.3 is 4.74 Å². The fourth-order valence-electron chi connectivity index (χ4n) is 1.82. The van der Waals surface area contributed by atoms with Crippen LogP contribution in [-0.4, -0.2) is 20.1 Å². The average molecular weight is 325 g/mol. The fourth-order valence-corrected chi connectivity index (χ4v) is 2.46. The van der Waals surface area contributed by atoms with Gasteiger partial charge in [0, 0.05) is 12.6 Å². The lowest BCUT2D eigenvalue weighted by atomic mass is 10.2. The maximum Gasteiger partial charge on any atom is 0.269 e. The molecule has 0 fully saturated rings. The van der Waals surface area contributed by atoms with Crippen molar-refractivity contribution in [2.45, 2.75) is 0 Å². The molecule has 0 bridgehead atoms. The van der Waals surface area contributed by atoms with Crippen LogP contribution in [0.2, 0.25) is 10.0 Å². The number of anilines is 1. The monoisotopic (exact) mass is 324 g/mol. The number of hydrogen-bond acceptors (Lipinski definition) is 3. The SMILES string of the molecule is COc1c(Cl)cc(C(=O)NN(C)c2ccccc2)cc1Cl. The van der Waals surface area contributed by atoms with Crippen molar-refractivity contribution >= 4 is 34.8 Å². The molecule has 2 aromatic rings. The number of carbonyl (C=O) groups is 1. The predicted molar refractivity (Wildman–Crippen MR) is 85.3 cm³/mol. The number of rotatable bonds is 4. The van der Waals surface area contributed by atoms with E-state index in [0.29, 0.717) is 11.3 Å². The van der Waals surface area contributed by atoms with Crippen LogP contribution in [0.4, 0.5) is 5.69 Å². The van der Waals surface area contributed by atoms with E-state index in [1.165, 1.54) is 19.2 Å². The summed E-state index contributed by atoms with van der Waals surface area (Å²) in [4.78, 5) is 12.2. The van der Waals surface area contributed by atoms with E-state index in [9.17, 15) is 4.79 Å². The molecule has 2 aromatic carbocycles. The van der Waals surface area contributed by atoms with Crippen molar-refractivity contribution in [3.05, 3.63) is 58.1 Å². The van der Waals surface area contributed by atoms with Crippen LogP contribution in [0.1, 0.15) is 10.4 Å². The molecule has 6 heteroatoms. The lowest BCUT2D eigenvalue weighted by Gasteiger charge is -2.20. The van der Waals surface area contributed by atoms with E-state index in [2.05, 4.69) is 5.43 Å². The first-order chi connectivity index (χ1) is 10.0. The molecule has 1 amide bonds. The molecular weight excluding hydrogens is 311 g/mol.